The van der Waals surface area contributed by atoms with Crippen LogP contribution in [0.15, 0.2) is 24.3 Å². The Balaban J connectivity index is 2.12. The van der Waals surface area contributed by atoms with Gasteiger partial charge in [-0.1, -0.05) is 31.2 Å². The normalized spacial score (nSPS) is 21.4. The first-order chi connectivity index (χ1) is 8.20. The van der Waals surface area contributed by atoms with Gasteiger partial charge in [0.1, 0.15) is 0 Å². The average Bonchev–Trinajstić information content (AvgIpc) is 2.52. The first-order valence-corrected chi connectivity index (χ1v) is 6.27. The van der Waals surface area contributed by atoms with E-state index in [1.165, 1.54) is 11.1 Å². The first-order valence-electron chi connectivity index (χ1n) is 6.27. The molecule has 1 aromatic rings. The van der Waals surface area contributed by atoms with Crippen LogP contribution in [0.2, 0.25) is 0 Å². The number of aryl methyl sites for hydroxylation is 1. The summed E-state index contributed by atoms with van der Waals surface area (Å²) < 4.78 is 0. The summed E-state index contributed by atoms with van der Waals surface area (Å²) in [4.78, 5) is 13.4. The van der Waals surface area contributed by atoms with Gasteiger partial charge in [0.2, 0.25) is 5.91 Å². The maximum absolute atomic E-state index is 11.6. The minimum absolute atomic E-state index is 0.227. The highest BCUT2D eigenvalue weighted by atomic mass is 16.2. The lowest BCUT2D eigenvalue weighted by molar-refractivity contribution is -0.129. The summed E-state index contributed by atoms with van der Waals surface area (Å²) in [5.41, 5.74) is 2.62. The summed E-state index contributed by atoms with van der Waals surface area (Å²) in [7, 11) is 1.88. The van der Waals surface area contributed by atoms with Gasteiger partial charge in [-0.25, -0.2) is 0 Å². The topological polar surface area (TPSA) is 32.3 Å². The number of hydrogen-bond donors (Lipinski definition) is 1. The van der Waals surface area contributed by atoms with Gasteiger partial charge in [0, 0.05) is 32.6 Å². The summed E-state index contributed by atoms with van der Waals surface area (Å²) in [6.45, 7) is 3.68. The summed E-state index contributed by atoms with van der Waals surface area (Å²) in [5, 5.41) is 3.43. The summed E-state index contributed by atoms with van der Waals surface area (Å²) >= 11 is 0. The SMILES string of the molecule is CCc1ccc(C2CN(C)C(=O)CCN2)cc1. The standard InChI is InChI=1S/C14H20N2O/c1-3-11-4-6-12(7-5-11)13-10-16(2)14(17)8-9-15-13/h4-7,13,15H,3,8-10H2,1-2H3. The van der Waals surface area contributed by atoms with Crippen molar-refractivity contribution in [2.75, 3.05) is 20.1 Å². The quantitative estimate of drug-likeness (QED) is 0.842. The molecule has 1 amide bonds. The molecule has 92 valence electrons. The molecule has 17 heavy (non-hydrogen) atoms. The van der Waals surface area contributed by atoms with Gasteiger partial charge in [-0.2, -0.15) is 0 Å². The predicted octanol–water partition coefficient (Wildman–Crippen LogP) is 1.74. The molecule has 1 aliphatic heterocycles. The maximum atomic E-state index is 11.6. The Morgan fingerprint density at radius 3 is 2.71 bits per heavy atom. The molecule has 1 aliphatic rings. The van der Waals surface area contributed by atoms with Crippen LogP contribution in [0.3, 0.4) is 0 Å². The highest BCUT2D eigenvalue weighted by molar-refractivity contribution is 5.76. The third-order valence-corrected chi connectivity index (χ3v) is 3.40. The number of rotatable bonds is 2. The molecule has 0 aliphatic carbocycles. The fraction of sp³-hybridized carbons (Fsp3) is 0.500. The Bertz CT molecular complexity index is 386. The Hall–Kier alpha value is -1.35. The molecule has 0 saturated carbocycles. The van der Waals surface area contributed by atoms with Crippen molar-refractivity contribution in [3.05, 3.63) is 35.4 Å². The molecular weight excluding hydrogens is 212 g/mol. The minimum atomic E-state index is 0.227. The average molecular weight is 232 g/mol. The van der Waals surface area contributed by atoms with E-state index in [1.54, 1.807) is 0 Å². The van der Waals surface area contributed by atoms with Crippen molar-refractivity contribution in [2.24, 2.45) is 0 Å². The summed E-state index contributed by atoms with van der Waals surface area (Å²) in [5.74, 6) is 0.227. The third kappa shape index (κ3) is 2.86. The molecule has 1 heterocycles. The second-order valence-corrected chi connectivity index (χ2v) is 4.63. The van der Waals surface area contributed by atoms with Crippen LogP contribution in [-0.2, 0) is 11.2 Å². The number of carbonyl (C=O) groups excluding carboxylic acids is 1. The van der Waals surface area contributed by atoms with Crippen molar-refractivity contribution in [3.8, 4) is 0 Å². The third-order valence-electron chi connectivity index (χ3n) is 3.40. The van der Waals surface area contributed by atoms with Gasteiger partial charge >= 0.3 is 0 Å². The van der Waals surface area contributed by atoms with E-state index in [4.69, 9.17) is 0 Å². The molecule has 3 nitrogen and oxygen atoms in total. The molecule has 1 N–H and O–H groups in total. The number of nitrogens with one attached hydrogen (secondary N) is 1. The maximum Gasteiger partial charge on any atom is 0.223 e. The van der Waals surface area contributed by atoms with Crippen molar-refractivity contribution in [3.63, 3.8) is 0 Å². The lowest BCUT2D eigenvalue weighted by Crippen LogP contribution is -2.30. The van der Waals surface area contributed by atoms with Crippen LogP contribution in [0.4, 0.5) is 0 Å². The van der Waals surface area contributed by atoms with Crippen LogP contribution >= 0.6 is 0 Å². The zero-order valence-electron chi connectivity index (χ0n) is 10.6. The zero-order chi connectivity index (χ0) is 12.3. The number of likely N-dealkylation sites (N-methyl/N-ethyl adjacent to an activating group) is 1. The van der Waals surface area contributed by atoms with Crippen molar-refractivity contribution in [1.82, 2.24) is 10.2 Å². The van der Waals surface area contributed by atoms with Crippen molar-refractivity contribution >= 4 is 5.91 Å². The summed E-state index contributed by atoms with van der Waals surface area (Å²) in [6.07, 6.45) is 1.66. The Labute approximate surface area is 103 Å². The van der Waals surface area contributed by atoms with Crippen molar-refractivity contribution in [2.45, 2.75) is 25.8 Å². The molecule has 2 rings (SSSR count). The van der Waals surface area contributed by atoms with E-state index < -0.39 is 0 Å². The van der Waals surface area contributed by atoms with Crippen LogP contribution in [0.5, 0.6) is 0 Å². The highest BCUT2D eigenvalue weighted by Crippen LogP contribution is 2.17. The van der Waals surface area contributed by atoms with E-state index in [9.17, 15) is 4.79 Å². The lowest BCUT2D eigenvalue weighted by atomic mass is 10.0. The molecule has 0 spiro atoms. The predicted molar refractivity (Wildman–Crippen MR) is 68.8 cm³/mol. The zero-order valence-corrected chi connectivity index (χ0v) is 10.6. The number of carbonyl (C=O) groups is 1. The van der Waals surface area contributed by atoms with Gasteiger partial charge in [0.25, 0.3) is 0 Å². The van der Waals surface area contributed by atoms with Gasteiger partial charge < -0.3 is 10.2 Å². The highest BCUT2D eigenvalue weighted by Gasteiger charge is 2.20. The lowest BCUT2D eigenvalue weighted by Gasteiger charge is -2.21. The molecule has 0 aromatic heterocycles. The van der Waals surface area contributed by atoms with Gasteiger partial charge in [-0.05, 0) is 17.5 Å². The second-order valence-electron chi connectivity index (χ2n) is 4.63. The monoisotopic (exact) mass is 232 g/mol. The molecule has 1 unspecified atom stereocenters. The van der Waals surface area contributed by atoms with E-state index >= 15 is 0 Å². The van der Waals surface area contributed by atoms with E-state index in [0.717, 1.165) is 19.5 Å². The smallest absolute Gasteiger partial charge is 0.223 e. The molecule has 1 aromatic carbocycles. The van der Waals surface area contributed by atoms with E-state index in [1.807, 2.05) is 11.9 Å². The number of hydrogen-bond acceptors (Lipinski definition) is 2. The molecular formula is C14H20N2O. The molecule has 0 bridgehead atoms. The van der Waals surface area contributed by atoms with Gasteiger partial charge in [-0.15, -0.1) is 0 Å². The van der Waals surface area contributed by atoms with Crippen LogP contribution < -0.4 is 5.32 Å². The molecule has 3 heteroatoms. The van der Waals surface area contributed by atoms with Crippen molar-refractivity contribution < 1.29 is 4.79 Å². The molecule has 1 fully saturated rings. The fourth-order valence-electron chi connectivity index (χ4n) is 2.19. The minimum Gasteiger partial charge on any atom is -0.344 e. The van der Waals surface area contributed by atoms with E-state index in [2.05, 4.69) is 36.5 Å². The second kappa shape index (κ2) is 5.32. The molecule has 0 radical (unpaired) electrons. The van der Waals surface area contributed by atoms with Gasteiger partial charge in [0.05, 0.1) is 0 Å². The Kier molecular flexibility index (Phi) is 3.79. The van der Waals surface area contributed by atoms with Crippen molar-refractivity contribution in [1.29, 1.82) is 0 Å². The Morgan fingerprint density at radius 1 is 1.35 bits per heavy atom. The fourth-order valence-corrected chi connectivity index (χ4v) is 2.19. The van der Waals surface area contributed by atoms with Crippen LogP contribution in [0, 0.1) is 0 Å². The van der Waals surface area contributed by atoms with Gasteiger partial charge in [-0.3, -0.25) is 4.79 Å². The number of nitrogens with zero attached hydrogens (tertiary/aromatic N) is 1. The summed E-state index contributed by atoms with van der Waals surface area (Å²) in [6, 6.07) is 8.94. The largest absolute Gasteiger partial charge is 0.344 e. The molecule has 1 saturated heterocycles. The van der Waals surface area contributed by atoms with E-state index in [-0.39, 0.29) is 11.9 Å². The van der Waals surface area contributed by atoms with Crippen LogP contribution in [0.25, 0.3) is 0 Å². The van der Waals surface area contributed by atoms with Crippen LogP contribution in [-0.4, -0.2) is 30.9 Å². The molecule has 1 atom stereocenters. The van der Waals surface area contributed by atoms with Crippen LogP contribution in [0.1, 0.15) is 30.5 Å². The first kappa shape index (κ1) is 12.1. The van der Waals surface area contributed by atoms with Gasteiger partial charge in [0.15, 0.2) is 0 Å². The number of benzene rings is 1. The van der Waals surface area contributed by atoms with E-state index in [0.29, 0.717) is 6.42 Å². The number of amides is 1. The Morgan fingerprint density at radius 2 is 2.06 bits per heavy atom.